The number of aryl methyl sites for hydroxylation is 2. The van der Waals surface area contributed by atoms with Gasteiger partial charge in [0.15, 0.2) is 0 Å². The standard InChI is InChI=1S/C16H21N3O/c1-10-5-6-14-13(8-10)11(2)15(19-14)16(20)18-12-4-3-7-17-9-12/h5-6,8,12,17,19H,3-4,7,9H2,1-2H3,(H,18,20)/t12-/m0/s1. The molecule has 3 rings (SSSR count). The Labute approximate surface area is 118 Å². The topological polar surface area (TPSA) is 56.9 Å². The molecular weight excluding hydrogens is 250 g/mol. The lowest BCUT2D eigenvalue weighted by Crippen LogP contribution is -2.45. The van der Waals surface area contributed by atoms with E-state index < -0.39 is 0 Å². The number of H-pyrrole nitrogens is 1. The van der Waals surface area contributed by atoms with Crippen molar-refractivity contribution in [1.82, 2.24) is 15.6 Å². The molecule has 1 amide bonds. The molecule has 0 saturated carbocycles. The van der Waals surface area contributed by atoms with E-state index in [2.05, 4.69) is 34.7 Å². The second kappa shape index (κ2) is 5.29. The monoisotopic (exact) mass is 271 g/mol. The normalized spacial score (nSPS) is 19.2. The molecule has 2 heterocycles. The maximum Gasteiger partial charge on any atom is 0.268 e. The average Bonchev–Trinajstić information content (AvgIpc) is 2.77. The Hall–Kier alpha value is -1.81. The molecule has 1 fully saturated rings. The number of nitrogens with one attached hydrogen (secondary N) is 3. The molecule has 4 nitrogen and oxygen atoms in total. The van der Waals surface area contributed by atoms with E-state index in [0.717, 1.165) is 42.4 Å². The fraction of sp³-hybridized carbons (Fsp3) is 0.438. The van der Waals surface area contributed by atoms with E-state index in [-0.39, 0.29) is 11.9 Å². The summed E-state index contributed by atoms with van der Waals surface area (Å²) < 4.78 is 0. The molecule has 106 valence electrons. The van der Waals surface area contributed by atoms with Crippen LogP contribution in [0.25, 0.3) is 10.9 Å². The van der Waals surface area contributed by atoms with Crippen LogP contribution in [-0.2, 0) is 0 Å². The molecule has 0 radical (unpaired) electrons. The number of fused-ring (bicyclic) bond motifs is 1. The Balaban J connectivity index is 1.85. The largest absolute Gasteiger partial charge is 0.350 e. The van der Waals surface area contributed by atoms with Crippen molar-refractivity contribution < 1.29 is 4.79 Å². The van der Waals surface area contributed by atoms with Crippen molar-refractivity contribution in [3.8, 4) is 0 Å². The highest BCUT2D eigenvalue weighted by atomic mass is 16.2. The van der Waals surface area contributed by atoms with Gasteiger partial charge in [-0.3, -0.25) is 4.79 Å². The smallest absolute Gasteiger partial charge is 0.268 e. The van der Waals surface area contributed by atoms with Gasteiger partial charge in [-0.15, -0.1) is 0 Å². The zero-order chi connectivity index (χ0) is 14.1. The number of carbonyl (C=O) groups excluding carboxylic acids is 1. The zero-order valence-electron chi connectivity index (χ0n) is 12.0. The molecule has 1 aromatic carbocycles. The molecule has 0 spiro atoms. The summed E-state index contributed by atoms with van der Waals surface area (Å²) in [5.41, 5.74) is 3.96. The first-order chi connectivity index (χ1) is 9.65. The van der Waals surface area contributed by atoms with Crippen LogP contribution >= 0.6 is 0 Å². The van der Waals surface area contributed by atoms with Gasteiger partial charge in [-0.05, 0) is 50.9 Å². The summed E-state index contributed by atoms with van der Waals surface area (Å²) in [5.74, 6) is 0.00468. The zero-order valence-corrected chi connectivity index (χ0v) is 12.0. The van der Waals surface area contributed by atoms with E-state index in [1.54, 1.807) is 0 Å². The molecule has 1 saturated heterocycles. The predicted molar refractivity (Wildman–Crippen MR) is 81.1 cm³/mol. The van der Waals surface area contributed by atoms with E-state index in [1.807, 2.05) is 13.0 Å². The van der Waals surface area contributed by atoms with E-state index in [1.165, 1.54) is 5.56 Å². The van der Waals surface area contributed by atoms with E-state index in [4.69, 9.17) is 0 Å². The number of piperidine rings is 1. The third-order valence-corrected chi connectivity index (χ3v) is 4.07. The lowest BCUT2D eigenvalue weighted by atomic mass is 10.1. The van der Waals surface area contributed by atoms with E-state index >= 15 is 0 Å². The number of aromatic amines is 1. The minimum absolute atomic E-state index is 0.00468. The van der Waals surface area contributed by atoms with E-state index in [0.29, 0.717) is 5.69 Å². The van der Waals surface area contributed by atoms with Gasteiger partial charge in [0.2, 0.25) is 0 Å². The van der Waals surface area contributed by atoms with Gasteiger partial charge in [0, 0.05) is 23.5 Å². The van der Waals surface area contributed by atoms with Crippen molar-refractivity contribution in [1.29, 1.82) is 0 Å². The molecule has 1 aliphatic heterocycles. The minimum atomic E-state index is 0.00468. The number of hydrogen-bond donors (Lipinski definition) is 3. The Morgan fingerprint density at radius 3 is 2.95 bits per heavy atom. The van der Waals surface area contributed by atoms with Gasteiger partial charge >= 0.3 is 0 Å². The van der Waals surface area contributed by atoms with Gasteiger partial charge in [-0.25, -0.2) is 0 Å². The number of carbonyl (C=O) groups is 1. The summed E-state index contributed by atoms with van der Waals surface area (Å²) in [7, 11) is 0. The summed E-state index contributed by atoms with van der Waals surface area (Å²) in [6.45, 7) is 5.99. The summed E-state index contributed by atoms with van der Waals surface area (Å²) in [6, 6.07) is 6.46. The molecular formula is C16H21N3O. The van der Waals surface area contributed by atoms with Gasteiger partial charge in [-0.1, -0.05) is 11.6 Å². The number of amides is 1. The van der Waals surface area contributed by atoms with Crippen molar-refractivity contribution in [2.24, 2.45) is 0 Å². The summed E-state index contributed by atoms with van der Waals surface area (Å²) in [6.07, 6.45) is 2.17. The van der Waals surface area contributed by atoms with Crippen LogP contribution in [-0.4, -0.2) is 30.0 Å². The SMILES string of the molecule is Cc1ccc2[nH]c(C(=O)N[C@H]3CCCNC3)c(C)c2c1. The lowest BCUT2D eigenvalue weighted by Gasteiger charge is -2.23. The van der Waals surface area contributed by atoms with Crippen LogP contribution < -0.4 is 10.6 Å². The molecule has 2 aromatic rings. The Morgan fingerprint density at radius 2 is 2.20 bits per heavy atom. The number of hydrogen-bond acceptors (Lipinski definition) is 2. The highest BCUT2D eigenvalue weighted by molar-refractivity contribution is 6.01. The van der Waals surface area contributed by atoms with Gasteiger partial charge in [0.05, 0.1) is 0 Å². The molecule has 1 atom stereocenters. The van der Waals surface area contributed by atoms with Crippen LogP contribution in [0.2, 0.25) is 0 Å². The third-order valence-electron chi connectivity index (χ3n) is 4.07. The maximum atomic E-state index is 12.4. The Bertz CT molecular complexity index is 638. The second-order valence-corrected chi connectivity index (χ2v) is 5.69. The van der Waals surface area contributed by atoms with Crippen molar-refractivity contribution in [2.45, 2.75) is 32.7 Å². The summed E-state index contributed by atoms with van der Waals surface area (Å²) in [4.78, 5) is 15.7. The fourth-order valence-corrected chi connectivity index (χ4v) is 2.90. The third kappa shape index (κ3) is 2.43. The van der Waals surface area contributed by atoms with E-state index in [9.17, 15) is 4.79 Å². The number of rotatable bonds is 2. The fourth-order valence-electron chi connectivity index (χ4n) is 2.90. The highest BCUT2D eigenvalue weighted by Crippen LogP contribution is 2.23. The molecule has 0 aliphatic carbocycles. The maximum absolute atomic E-state index is 12.4. The molecule has 20 heavy (non-hydrogen) atoms. The van der Waals surface area contributed by atoms with Crippen LogP contribution in [0.5, 0.6) is 0 Å². The van der Waals surface area contributed by atoms with Crippen LogP contribution in [0.4, 0.5) is 0 Å². The van der Waals surface area contributed by atoms with Crippen molar-refractivity contribution >= 4 is 16.8 Å². The van der Waals surface area contributed by atoms with Gasteiger partial charge in [-0.2, -0.15) is 0 Å². The minimum Gasteiger partial charge on any atom is -0.350 e. The Morgan fingerprint density at radius 1 is 1.35 bits per heavy atom. The van der Waals surface area contributed by atoms with Crippen LogP contribution in [0, 0.1) is 13.8 Å². The second-order valence-electron chi connectivity index (χ2n) is 5.69. The van der Waals surface area contributed by atoms with Crippen molar-refractivity contribution in [3.05, 3.63) is 35.0 Å². The van der Waals surface area contributed by atoms with Gasteiger partial charge in [0.1, 0.15) is 5.69 Å². The molecule has 1 aliphatic rings. The van der Waals surface area contributed by atoms with Crippen LogP contribution in [0.1, 0.15) is 34.5 Å². The average molecular weight is 271 g/mol. The van der Waals surface area contributed by atoms with Crippen molar-refractivity contribution in [3.63, 3.8) is 0 Å². The van der Waals surface area contributed by atoms with Crippen molar-refractivity contribution in [2.75, 3.05) is 13.1 Å². The van der Waals surface area contributed by atoms with Crippen LogP contribution in [0.15, 0.2) is 18.2 Å². The van der Waals surface area contributed by atoms with Gasteiger partial charge in [0.25, 0.3) is 5.91 Å². The Kier molecular flexibility index (Phi) is 3.49. The highest BCUT2D eigenvalue weighted by Gasteiger charge is 2.19. The first-order valence-electron chi connectivity index (χ1n) is 7.25. The quantitative estimate of drug-likeness (QED) is 0.785. The molecule has 0 unspecified atom stereocenters. The molecule has 3 N–H and O–H groups in total. The summed E-state index contributed by atoms with van der Waals surface area (Å²) >= 11 is 0. The molecule has 1 aromatic heterocycles. The first kappa shape index (κ1) is 13.2. The van der Waals surface area contributed by atoms with Gasteiger partial charge < -0.3 is 15.6 Å². The lowest BCUT2D eigenvalue weighted by molar-refractivity contribution is 0.0926. The molecule has 4 heteroatoms. The number of aromatic nitrogens is 1. The summed E-state index contributed by atoms with van der Waals surface area (Å²) in [5, 5.41) is 7.57. The van der Waals surface area contributed by atoms with Crippen LogP contribution in [0.3, 0.4) is 0 Å². The predicted octanol–water partition coefficient (Wildman–Crippen LogP) is 2.27. The number of benzene rings is 1. The first-order valence-corrected chi connectivity index (χ1v) is 7.25. The molecule has 0 bridgehead atoms.